The third-order valence-electron chi connectivity index (χ3n) is 8.20. The number of hydrogen-bond acceptors (Lipinski definition) is 2. The zero-order valence-corrected chi connectivity index (χ0v) is 23.7. The number of fused-ring (bicyclic) bond motifs is 1. The molecule has 5 nitrogen and oxygen atoms in total. The Morgan fingerprint density at radius 1 is 0.850 bits per heavy atom. The number of carbonyl (C=O) groups excluding carboxylic acids is 2. The van der Waals surface area contributed by atoms with Crippen molar-refractivity contribution in [2.75, 3.05) is 13.1 Å². The molecule has 2 amide bonds. The van der Waals surface area contributed by atoms with Crippen molar-refractivity contribution >= 4 is 22.6 Å². The lowest BCUT2D eigenvalue weighted by molar-refractivity contribution is -0.135. The fourth-order valence-corrected chi connectivity index (χ4v) is 5.95. The van der Waals surface area contributed by atoms with E-state index in [4.69, 9.17) is 0 Å². The van der Waals surface area contributed by atoms with Crippen molar-refractivity contribution in [2.24, 2.45) is 0 Å². The summed E-state index contributed by atoms with van der Waals surface area (Å²) in [5, 5.41) is 1.98. The maximum absolute atomic E-state index is 14.1. The molecule has 0 N–H and O–H groups in total. The molecule has 4 aromatic rings. The molecule has 5 heteroatoms. The molecular formula is C35H41N3O2. The molecule has 0 aliphatic heterocycles. The van der Waals surface area contributed by atoms with Crippen LogP contribution < -0.4 is 0 Å². The minimum Gasteiger partial charge on any atom is -0.345 e. The van der Waals surface area contributed by atoms with Crippen LogP contribution in [0.2, 0.25) is 0 Å². The third kappa shape index (κ3) is 6.64. The smallest absolute Gasteiger partial charge is 0.254 e. The highest BCUT2D eigenvalue weighted by atomic mass is 16.2. The molecule has 1 saturated carbocycles. The second-order valence-corrected chi connectivity index (χ2v) is 11.0. The zero-order valence-electron chi connectivity index (χ0n) is 23.7. The van der Waals surface area contributed by atoms with Gasteiger partial charge in [0.15, 0.2) is 0 Å². The molecular weight excluding hydrogens is 494 g/mol. The molecule has 0 unspecified atom stereocenters. The van der Waals surface area contributed by atoms with Crippen molar-refractivity contribution in [1.29, 1.82) is 0 Å². The van der Waals surface area contributed by atoms with Crippen molar-refractivity contribution in [3.8, 4) is 0 Å². The van der Waals surface area contributed by atoms with Gasteiger partial charge in [0.1, 0.15) is 6.54 Å². The number of unbranched alkanes of at least 4 members (excludes halogenated alkanes) is 1. The largest absolute Gasteiger partial charge is 0.345 e. The van der Waals surface area contributed by atoms with Crippen molar-refractivity contribution in [1.82, 2.24) is 14.4 Å². The first kappa shape index (κ1) is 27.7. The molecule has 0 radical (unpaired) electrons. The van der Waals surface area contributed by atoms with Crippen LogP contribution in [0.25, 0.3) is 10.8 Å². The molecule has 0 saturated heterocycles. The van der Waals surface area contributed by atoms with Crippen molar-refractivity contribution in [2.45, 2.75) is 71.0 Å². The topological polar surface area (TPSA) is 45.6 Å². The van der Waals surface area contributed by atoms with Gasteiger partial charge in [0.25, 0.3) is 5.91 Å². The second kappa shape index (κ2) is 13.5. The Kier molecular flexibility index (Phi) is 9.33. The summed E-state index contributed by atoms with van der Waals surface area (Å²) in [5.41, 5.74) is 3.04. The average molecular weight is 536 g/mol. The van der Waals surface area contributed by atoms with Crippen LogP contribution in [0.1, 0.15) is 73.5 Å². The first-order valence-electron chi connectivity index (χ1n) is 14.9. The number of hydrogen-bond donors (Lipinski definition) is 0. The second-order valence-electron chi connectivity index (χ2n) is 11.0. The van der Waals surface area contributed by atoms with Gasteiger partial charge < -0.3 is 14.4 Å². The summed E-state index contributed by atoms with van der Waals surface area (Å²) in [6, 6.07) is 28.7. The van der Waals surface area contributed by atoms with Gasteiger partial charge in [-0.25, -0.2) is 0 Å². The highest BCUT2D eigenvalue weighted by molar-refractivity contribution is 6.07. The number of aromatic nitrogens is 1. The molecule has 208 valence electrons. The summed E-state index contributed by atoms with van der Waals surface area (Å²) in [6.45, 7) is 4.15. The van der Waals surface area contributed by atoms with Gasteiger partial charge in [0.2, 0.25) is 5.91 Å². The Labute approximate surface area is 238 Å². The van der Waals surface area contributed by atoms with E-state index >= 15 is 0 Å². The maximum Gasteiger partial charge on any atom is 0.254 e. The molecule has 0 bridgehead atoms. The Morgan fingerprint density at radius 3 is 2.40 bits per heavy atom. The fourth-order valence-electron chi connectivity index (χ4n) is 5.95. The number of carbonyl (C=O) groups is 2. The molecule has 0 spiro atoms. The molecule has 1 fully saturated rings. The molecule has 1 aliphatic carbocycles. The molecule has 1 heterocycles. The molecule has 5 rings (SSSR count). The van der Waals surface area contributed by atoms with Crippen LogP contribution in [0.4, 0.5) is 0 Å². The zero-order chi connectivity index (χ0) is 27.7. The minimum absolute atomic E-state index is 0.0454. The van der Waals surface area contributed by atoms with E-state index in [0.29, 0.717) is 18.7 Å². The van der Waals surface area contributed by atoms with E-state index < -0.39 is 0 Å². The Morgan fingerprint density at radius 2 is 1.60 bits per heavy atom. The van der Waals surface area contributed by atoms with E-state index in [1.807, 2.05) is 48.5 Å². The van der Waals surface area contributed by atoms with Crippen molar-refractivity contribution in [3.05, 3.63) is 108 Å². The van der Waals surface area contributed by atoms with Crippen LogP contribution in [0, 0.1) is 0 Å². The van der Waals surface area contributed by atoms with E-state index in [1.54, 1.807) is 4.90 Å². The number of nitrogens with zero attached hydrogens (tertiary/aromatic N) is 3. The highest BCUT2D eigenvalue weighted by Crippen LogP contribution is 2.26. The number of rotatable bonds is 11. The van der Waals surface area contributed by atoms with Gasteiger partial charge in [0.05, 0.1) is 6.54 Å². The number of benzene rings is 3. The Bertz CT molecular complexity index is 1400. The molecule has 0 atom stereocenters. The summed E-state index contributed by atoms with van der Waals surface area (Å²) in [6.07, 6.45) is 9.51. The monoisotopic (exact) mass is 535 g/mol. The lowest BCUT2D eigenvalue weighted by Crippen LogP contribution is -2.47. The third-order valence-corrected chi connectivity index (χ3v) is 8.20. The highest BCUT2D eigenvalue weighted by Gasteiger charge is 2.29. The van der Waals surface area contributed by atoms with Crippen LogP contribution in [0.15, 0.2) is 91.1 Å². The minimum atomic E-state index is -0.0605. The standard InChI is InChI=1S/C35H41N3O2/c1-2-3-23-37(35(40)33-22-12-17-29-16-10-11-21-32(29)33)27-34(39)38(30-18-8-5-9-19-30)26-31-20-13-24-36(31)25-28-14-6-4-7-15-28/h4,6-7,10-17,20-22,24,30H,2-3,5,8-9,18-19,23,25-27H2,1H3. The van der Waals surface area contributed by atoms with Crippen LogP contribution in [-0.2, 0) is 17.9 Å². The summed E-state index contributed by atoms with van der Waals surface area (Å²) < 4.78 is 2.24. The van der Waals surface area contributed by atoms with E-state index in [1.165, 1.54) is 12.0 Å². The molecule has 1 aliphatic rings. The summed E-state index contributed by atoms with van der Waals surface area (Å²) in [7, 11) is 0. The molecule has 40 heavy (non-hydrogen) atoms. The van der Waals surface area contributed by atoms with Gasteiger partial charge in [0, 0.05) is 36.6 Å². The average Bonchev–Trinajstić information content (AvgIpc) is 3.44. The van der Waals surface area contributed by atoms with Gasteiger partial charge in [-0.1, -0.05) is 99.3 Å². The van der Waals surface area contributed by atoms with E-state index in [0.717, 1.165) is 61.5 Å². The lowest BCUT2D eigenvalue weighted by Gasteiger charge is -2.36. The summed E-state index contributed by atoms with van der Waals surface area (Å²) in [5.74, 6) is -0.0151. The van der Waals surface area contributed by atoms with Gasteiger partial charge in [-0.05, 0) is 53.8 Å². The predicted molar refractivity (Wildman–Crippen MR) is 162 cm³/mol. The quantitative estimate of drug-likeness (QED) is 0.202. The summed E-state index contributed by atoms with van der Waals surface area (Å²) in [4.78, 5) is 31.9. The Balaban J connectivity index is 1.39. The predicted octanol–water partition coefficient (Wildman–Crippen LogP) is 7.29. The van der Waals surface area contributed by atoms with Crippen LogP contribution >= 0.6 is 0 Å². The van der Waals surface area contributed by atoms with Gasteiger partial charge in [-0.3, -0.25) is 9.59 Å². The normalized spacial score (nSPS) is 13.8. The first-order chi connectivity index (χ1) is 19.6. The molecule has 1 aromatic heterocycles. The van der Waals surface area contributed by atoms with Crippen molar-refractivity contribution in [3.63, 3.8) is 0 Å². The lowest BCUT2D eigenvalue weighted by atomic mass is 9.94. The van der Waals surface area contributed by atoms with E-state index in [-0.39, 0.29) is 24.4 Å². The van der Waals surface area contributed by atoms with Gasteiger partial charge >= 0.3 is 0 Å². The molecule has 3 aromatic carbocycles. The van der Waals surface area contributed by atoms with E-state index in [9.17, 15) is 9.59 Å². The SMILES string of the molecule is CCCCN(CC(=O)N(Cc1cccn1Cc1ccccc1)C1CCCCC1)C(=O)c1cccc2ccccc12. The van der Waals surface area contributed by atoms with E-state index in [2.05, 4.69) is 59.0 Å². The summed E-state index contributed by atoms with van der Waals surface area (Å²) >= 11 is 0. The fraction of sp³-hybridized carbons (Fsp3) is 0.371. The maximum atomic E-state index is 14.1. The van der Waals surface area contributed by atoms with Gasteiger partial charge in [-0.15, -0.1) is 0 Å². The van der Waals surface area contributed by atoms with Crippen LogP contribution in [0.3, 0.4) is 0 Å². The van der Waals surface area contributed by atoms with Crippen LogP contribution in [-0.4, -0.2) is 45.3 Å². The van der Waals surface area contributed by atoms with Gasteiger partial charge in [-0.2, -0.15) is 0 Å². The van der Waals surface area contributed by atoms with Crippen LogP contribution in [0.5, 0.6) is 0 Å². The first-order valence-corrected chi connectivity index (χ1v) is 14.9. The Hall–Kier alpha value is -3.86. The van der Waals surface area contributed by atoms with Crippen molar-refractivity contribution < 1.29 is 9.59 Å². The number of amides is 2.